The highest BCUT2D eigenvalue weighted by atomic mass is 16.5. The first kappa shape index (κ1) is 18.3. The molecule has 1 heterocycles. The molecule has 0 fully saturated rings. The smallest absolute Gasteiger partial charge is 0.290 e. The fourth-order valence-electron chi connectivity index (χ4n) is 2.69. The van der Waals surface area contributed by atoms with Crippen molar-refractivity contribution in [2.45, 2.75) is 12.5 Å². The average Bonchev–Trinajstić information content (AvgIpc) is 3.16. The molecule has 0 radical (unpaired) electrons. The Bertz CT molecular complexity index is 689. The van der Waals surface area contributed by atoms with Gasteiger partial charge in [0.15, 0.2) is 5.96 Å². The maximum atomic E-state index is 8.36. The van der Waals surface area contributed by atoms with Crippen LogP contribution in [0, 0.1) is 0 Å². The standard InChI is InChI=1S/C18H21N3O.CH2O2/c1-22-17-10-6-5-9-15(17)13-16(14-7-3-2-4-8-14)21-18-19-11-12-20-18;2-1-3/h2-10,16H,11-13H2,1H3,(H2,19,20,21);1H,(H,2,3). The lowest BCUT2D eigenvalue weighted by atomic mass is 9.98. The molecule has 1 aliphatic rings. The average molecular weight is 341 g/mol. The van der Waals surface area contributed by atoms with Gasteiger partial charge in [-0.05, 0) is 17.2 Å². The lowest BCUT2D eigenvalue weighted by molar-refractivity contribution is -0.122. The van der Waals surface area contributed by atoms with Crippen LogP contribution >= 0.6 is 0 Å². The summed E-state index contributed by atoms with van der Waals surface area (Å²) < 4.78 is 5.48. The van der Waals surface area contributed by atoms with Gasteiger partial charge in [-0.3, -0.25) is 9.79 Å². The van der Waals surface area contributed by atoms with Crippen LogP contribution in [-0.4, -0.2) is 37.7 Å². The highest BCUT2D eigenvalue weighted by Crippen LogP contribution is 2.25. The number of guanidine groups is 1. The van der Waals surface area contributed by atoms with E-state index in [1.54, 1.807) is 7.11 Å². The Balaban J connectivity index is 0.000000701. The van der Waals surface area contributed by atoms with E-state index >= 15 is 0 Å². The molecule has 1 atom stereocenters. The van der Waals surface area contributed by atoms with Gasteiger partial charge in [0.25, 0.3) is 6.47 Å². The van der Waals surface area contributed by atoms with Crippen molar-refractivity contribution < 1.29 is 14.6 Å². The molecule has 1 aliphatic heterocycles. The third-order valence-electron chi connectivity index (χ3n) is 3.80. The number of para-hydroxylation sites is 1. The van der Waals surface area contributed by atoms with E-state index in [4.69, 9.17) is 14.6 Å². The van der Waals surface area contributed by atoms with E-state index in [1.165, 1.54) is 11.1 Å². The van der Waals surface area contributed by atoms with Crippen LogP contribution in [0.5, 0.6) is 5.75 Å². The van der Waals surface area contributed by atoms with Gasteiger partial charge in [-0.25, -0.2) is 0 Å². The molecule has 6 nitrogen and oxygen atoms in total. The number of rotatable bonds is 5. The molecule has 1 unspecified atom stereocenters. The summed E-state index contributed by atoms with van der Waals surface area (Å²) in [6.07, 6.45) is 0.842. The Hall–Kier alpha value is -3.02. The van der Waals surface area contributed by atoms with Crippen molar-refractivity contribution in [2.75, 3.05) is 20.2 Å². The Morgan fingerprint density at radius 1 is 1.24 bits per heavy atom. The molecule has 3 N–H and O–H groups in total. The minimum absolute atomic E-state index is 0.154. The van der Waals surface area contributed by atoms with Crippen LogP contribution in [0.15, 0.2) is 59.6 Å². The van der Waals surface area contributed by atoms with E-state index in [0.717, 1.165) is 31.2 Å². The lowest BCUT2D eigenvalue weighted by Gasteiger charge is -2.21. The summed E-state index contributed by atoms with van der Waals surface area (Å²) in [5.74, 6) is 1.80. The van der Waals surface area contributed by atoms with Crippen molar-refractivity contribution in [1.29, 1.82) is 0 Å². The highest BCUT2D eigenvalue weighted by molar-refractivity contribution is 5.81. The van der Waals surface area contributed by atoms with E-state index in [9.17, 15) is 0 Å². The SMILES string of the molecule is COc1ccccc1CC(NC1=NCCN1)c1ccccc1.O=CO. The molecule has 0 saturated heterocycles. The Labute approximate surface area is 147 Å². The number of aliphatic imine (C=N–C) groups is 1. The molecule has 132 valence electrons. The molecule has 6 heteroatoms. The number of ether oxygens (including phenoxy) is 1. The van der Waals surface area contributed by atoms with Crippen molar-refractivity contribution in [1.82, 2.24) is 10.6 Å². The number of nitrogens with zero attached hydrogens (tertiary/aromatic N) is 1. The fraction of sp³-hybridized carbons (Fsp3) is 0.263. The van der Waals surface area contributed by atoms with E-state index in [2.05, 4.69) is 46.0 Å². The van der Waals surface area contributed by atoms with Crippen LogP contribution in [0.4, 0.5) is 0 Å². The fourth-order valence-corrected chi connectivity index (χ4v) is 2.69. The van der Waals surface area contributed by atoms with Gasteiger partial charge in [-0.15, -0.1) is 0 Å². The first-order chi connectivity index (χ1) is 12.3. The summed E-state index contributed by atoms with van der Waals surface area (Å²) in [7, 11) is 1.71. The molecule has 0 aliphatic carbocycles. The zero-order valence-electron chi connectivity index (χ0n) is 14.2. The third-order valence-corrected chi connectivity index (χ3v) is 3.80. The van der Waals surface area contributed by atoms with Gasteiger partial charge in [0.2, 0.25) is 0 Å². The molecule has 0 bridgehead atoms. The quantitative estimate of drug-likeness (QED) is 0.727. The van der Waals surface area contributed by atoms with Crippen LogP contribution in [0.2, 0.25) is 0 Å². The van der Waals surface area contributed by atoms with Gasteiger partial charge in [-0.1, -0.05) is 48.5 Å². The molecule has 25 heavy (non-hydrogen) atoms. The van der Waals surface area contributed by atoms with Crippen LogP contribution in [0.1, 0.15) is 17.2 Å². The zero-order chi connectivity index (χ0) is 17.9. The molecule has 0 amide bonds. The Morgan fingerprint density at radius 2 is 1.92 bits per heavy atom. The summed E-state index contributed by atoms with van der Waals surface area (Å²) in [5.41, 5.74) is 2.43. The number of hydrogen-bond donors (Lipinski definition) is 3. The van der Waals surface area contributed by atoms with Crippen molar-refractivity contribution >= 4 is 12.4 Å². The topological polar surface area (TPSA) is 83.0 Å². The molecular formula is C19H23N3O3. The monoisotopic (exact) mass is 341 g/mol. The summed E-state index contributed by atoms with van der Waals surface area (Å²) in [4.78, 5) is 12.8. The minimum Gasteiger partial charge on any atom is -0.496 e. The molecule has 0 spiro atoms. The van der Waals surface area contributed by atoms with Crippen molar-refractivity contribution in [3.63, 3.8) is 0 Å². The highest BCUT2D eigenvalue weighted by Gasteiger charge is 2.17. The maximum absolute atomic E-state index is 8.36. The number of benzene rings is 2. The van der Waals surface area contributed by atoms with Crippen molar-refractivity contribution in [3.8, 4) is 5.75 Å². The van der Waals surface area contributed by atoms with Gasteiger partial charge in [-0.2, -0.15) is 0 Å². The van der Waals surface area contributed by atoms with E-state index in [0.29, 0.717) is 0 Å². The molecule has 0 saturated carbocycles. The number of nitrogens with one attached hydrogen (secondary N) is 2. The predicted molar refractivity (Wildman–Crippen MR) is 98.0 cm³/mol. The summed E-state index contributed by atoms with van der Waals surface area (Å²) in [5, 5.41) is 13.7. The van der Waals surface area contributed by atoms with Crippen LogP contribution < -0.4 is 15.4 Å². The third kappa shape index (κ3) is 5.53. The van der Waals surface area contributed by atoms with Gasteiger partial charge in [0.05, 0.1) is 19.7 Å². The van der Waals surface area contributed by atoms with Gasteiger partial charge in [0.1, 0.15) is 5.75 Å². The van der Waals surface area contributed by atoms with E-state index < -0.39 is 0 Å². The summed E-state index contributed by atoms with van der Waals surface area (Å²) in [6.45, 7) is 1.48. The number of hydrogen-bond acceptors (Lipinski definition) is 5. The summed E-state index contributed by atoms with van der Waals surface area (Å²) in [6, 6.07) is 18.8. The van der Waals surface area contributed by atoms with Gasteiger partial charge < -0.3 is 20.5 Å². The first-order valence-corrected chi connectivity index (χ1v) is 8.08. The van der Waals surface area contributed by atoms with Crippen LogP contribution in [0.3, 0.4) is 0 Å². The normalized spacial score (nSPS) is 13.6. The van der Waals surface area contributed by atoms with Crippen molar-refractivity contribution in [2.24, 2.45) is 4.99 Å². The minimum atomic E-state index is -0.250. The van der Waals surface area contributed by atoms with Crippen molar-refractivity contribution in [3.05, 3.63) is 65.7 Å². The molecule has 2 aromatic carbocycles. The summed E-state index contributed by atoms with van der Waals surface area (Å²) >= 11 is 0. The zero-order valence-corrected chi connectivity index (χ0v) is 14.2. The maximum Gasteiger partial charge on any atom is 0.290 e. The largest absolute Gasteiger partial charge is 0.496 e. The van der Waals surface area contributed by atoms with Crippen LogP contribution in [-0.2, 0) is 11.2 Å². The number of carboxylic acid groups (broad SMARTS) is 1. The molecule has 0 aromatic heterocycles. The Morgan fingerprint density at radius 3 is 2.56 bits per heavy atom. The molecular weight excluding hydrogens is 318 g/mol. The van der Waals surface area contributed by atoms with Gasteiger partial charge >= 0.3 is 0 Å². The lowest BCUT2D eigenvalue weighted by Crippen LogP contribution is -2.37. The molecule has 3 rings (SSSR count). The first-order valence-electron chi connectivity index (χ1n) is 8.08. The second-order valence-electron chi connectivity index (χ2n) is 5.39. The van der Waals surface area contributed by atoms with Gasteiger partial charge in [0, 0.05) is 13.0 Å². The van der Waals surface area contributed by atoms with E-state index in [1.807, 2.05) is 24.3 Å². The molecule has 2 aromatic rings. The number of methoxy groups -OCH3 is 1. The predicted octanol–water partition coefficient (Wildman–Crippen LogP) is 2.23. The second kappa shape index (κ2) is 9.97. The number of carbonyl (C=O) groups is 1. The van der Waals surface area contributed by atoms with E-state index in [-0.39, 0.29) is 12.5 Å². The Kier molecular flexibility index (Phi) is 7.31. The second-order valence-corrected chi connectivity index (χ2v) is 5.39. The van der Waals surface area contributed by atoms with Crippen LogP contribution in [0.25, 0.3) is 0 Å².